The number of nitrogens with one attached hydrogen (secondary N) is 1. The fraction of sp³-hybridized carbons (Fsp3) is 0.882. The van der Waals surface area contributed by atoms with Gasteiger partial charge in [-0.2, -0.15) is 0 Å². The molecule has 106 valence electrons. The van der Waals surface area contributed by atoms with Crippen LogP contribution in [0, 0.1) is 17.8 Å². The van der Waals surface area contributed by atoms with Crippen molar-refractivity contribution in [1.29, 1.82) is 0 Å². The smallest absolute Gasteiger partial charge is 0.0101 e. The summed E-state index contributed by atoms with van der Waals surface area (Å²) in [4.78, 5) is 0. The molecular weight excluding hydrogens is 218 g/mol. The molecule has 0 saturated heterocycles. The van der Waals surface area contributed by atoms with Crippen LogP contribution in [0.5, 0.6) is 0 Å². The highest BCUT2D eigenvalue weighted by molar-refractivity contribution is 4.92. The molecule has 1 fully saturated rings. The van der Waals surface area contributed by atoms with E-state index in [0.29, 0.717) is 0 Å². The molecule has 0 spiro atoms. The lowest BCUT2D eigenvalue weighted by molar-refractivity contribution is 0.199. The van der Waals surface area contributed by atoms with Crippen LogP contribution < -0.4 is 5.32 Å². The second-order valence-electron chi connectivity index (χ2n) is 6.40. The summed E-state index contributed by atoms with van der Waals surface area (Å²) in [7, 11) is 0. The van der Waals surface area contributed by atoms with Gasteiger partial charge in [0.15, 0.2) is 0 Å². The van der Waals surface area contributed by atoms with E-state index in [4.69, 9.17) is 0 Å². The van der Waals surface area contributed by atoms with Crippen molar-refractivity contribution in [1.82, 2.24) is 5.32 Å². The third-order valence-corrected chi connectivity index (χ3v) is 4.35. The van der Waals surface area contributed by atoms with E-state index in [0.717, 1.165) is 23.8 Å². The maximum atomic E-state index is 4.09. The molecule has 1 N–H and O–H groups in total. The first kappa shape index (κ1) is 15.8. The number of hydrogen-bond donors (Lipinski definition) is 1. The van der Waals surface area contributed by atoms with Crippen LogP contribution in [0.4, 0.5) is 0 Å². The molecule has 1 heteroatoms. The zero-order valence-electron chi connectivity index (χ0n) is 12.8. The highest BCUT2D eigenvalue weighted by atomic mass is 14.9. The fourth-order valence-corrected chi connectivity index (χ4v) is 3.26. The summed E-state index contributed by atoms with van der Waals surface area (Å²) in [6, 6.07) is 0.737. The first-order valence-electron chi connectivity index (χ1n) is 8.05. The highest BCUT2D eigenvalue weighted by Gasteiger charge is 2.29. The lowest BCUT2D eigenvalue weighted by atomic mass is 9.74. The van der Waals surface area contributed by atoms with Gasteiger partial charge in [-0.3, -0.25) is 0 Å². The van der Waals surface area contributed by atoms with Crippen molar-refractivity contribution < 1.29 is 0 Å². The number of hydrogen-bond acceptors (Lipinski definition) is 1. The molecule has 0 amide bonds. The molecule has 1 rings (SSSR count). The van der Waals surface area contributed by atoms with Crippen LogP contribution in [-0.4, -0.2) is 12.6 Å². The van der Waals surface area contributed by atoms with Gasteiger partial charge in [-0.25, -0.2) is 0 Å². The Kier molecular flexibility index (Phi) is 7.65. The van der Waals surface area contributed by atoms with Crippen molar-refractivity contribution in [2.45, 2.75) is 71.8 Å². The number of unbranched alkanes of at least 4 members (excludes halogenated alkanes) is 1. The predicted molar refractivity (Wildman–Crippen MR) is 81.8 cm³/mol. The Balaban J connectivity index is 2.52. The molecule has 0 aromatic carbocycles. The SMILES string of the molecule is C=CC(CCCC)C1CCCCC1NCC(C)C. The van der Waals surface area contributed by atoms with E-state index in [2.05, 4.69) is 38.7 Å². The number of rotatable bonds is 8. The van der Waals surface area contributed by atoms with Gasteiger partial charge in [0.2, 0.25) is 0 Å². The van der Waals surface area contributed by atoms with E-state index in [1.54, 1.807) is 0 Å². The van der Waals surface area contributed by atoms with Gasteiger partial charge < -0.3 is 5.32 Å². The Morgan fingerprint density at radius 2 is 2.00 bits per heavy atom. The van der Waals surface area contributed by atoms with Gasteiger partial charge >= 0.3 is 0 Å². The van der Waals surface area contributed by atoms with Crippen molar-refractivity contribution in [3.8, 4) is 0 Å². The van der Waals surface area contributed by atoms with Gasteiger partial charge in [-0.15, -0.1) is 6.58 Å². The molecule has 1 aliphatic carbocycles. The average Bonchev–Trinajstić information content (AvgIpc) is 2.38. The lowest BCUT2D eigenvalue weighted by Gasteiger charge is -2.37. The zero-order valence-corrected chi connectivity index (χ0v) is 12.8. The van der Waals surface area contributed by atoms with Crippen LogP contribution in [0.3, 0.4) is 0 Å². The van der Waals surface area contributed by atoms with E-state index in [1.165, 1.54) is 51.5 Å². The molecule has 0 radical (unpaired) electrons. The molecule has 0 aliphatic heterocycles. The van der Waals surface area contributed by atoms with Crippen molar-refractivity contribution in [2.75, 3.05) is 6.54 Å². The maximum absolute atomic E-state index is 4.09. The summed E-state index contributed by atoms with van der Waals surface area (Å²) >= 11 is 0. The first-order chi connectivity index (χ1) is 8.69. The topological polar surface area (TPSA) is 12.0 Å². The van der Waals surface area contributed by atoms with Crippen molar-refractivity contribution >= 4 is 0 Å². The molecular formula is C17H33N. The molecule has 0 bridgehead atoms. The van der Waals surface area contributed by atoms with Gasteiger partial charge in [0, 0.05) is 6.04 Å². The summed E-state index contributed by atoms with van der Waals surface area (Å²) < 4.78 is 0. The molecule has 3 unspecified atom stereocenters. The van der Waals surface area contributed by atoms with Gasteiger partial charge in [0.1, 0.15) is 0 Å². The third kappa shape index (κ3) is 5.14. The Morgan fingerprint density at radius 3 is 2.61 bits per heavy atom. The second kappa shape index (κ2) is 8.74. The first-order valence-corrected chi connectivity index (χ1v) is 8.05. The van der Waals surface area contributed by atoms with E-state index >= 15 is 0 Å². The van der Waals surface area contributed by atoms with Gasteiger partial charge in [-0.05, 0) is 43.6 Å². The Hall–Kier alpha value is -0.300. The van der Waals surface area contributed by atoms with E-state index in [-0.39, 0.29) is 0 Å². The predicted octanol–water partition coefficient (Wildman–Crippen LogP) is 4.78. The molecule has 1 nitrogen and oxygen atoms in total. The van der Waals surface area contributed by atoms with Crippen LogP contribution in [0.25, 0.3) is 0 Å². The molecule has 0 aromatic heterocycles. The molecule has 0 aromatic rings. The fourth-order valence-electron chi connectivity index (χ4n) is 3.26. The van der Waals surface area contributed by atoms with E-state index < -0.39 is 0 Å². The molecule has 3 atom stereocenters. The van der Waals surface area contributed by atoms with Crippen LogP contribution >= 0.6 is 0 Å². The summed E-state index contributed by atoms with van der Waals surface area (Å²) in [5, 5.41) is 3.81. The van der Waals surface area contributed by atoms with Crippen molar-refractivity contribution in [2.24, 2.45) is 17.8 Å². The van der Waals surface area contributed by atoms with Crippen molar-refractivity contribution in [3.63, 3.8) is 0 Å². The summed E-state index contributed by atoms with van der Waals surface area (Å²) in [5.74, 6) is 2.32. The van der Waals surface area contributed by atoms with E-state index in [9.17, 15) is 0 Å². The van der Waals surface area contributed by atoms with Gasteiger partial charge in [-0.1, -0.05) is 52.5 Å². The second-order valence-corrected chi connectivity index (χ2v) is 6.40. The monoisotopic (exact) mass is 251 g/mol. The highest BCUT2D eigenvalue weighted by Crippen LogP contribution is 2.33. The minimum Gasteiger partial charge on any atom is -0.313 e. The van der Waals surface area contributed by atoms with Crippen LogP contribution in [0.2, 0.25) is 0 Å². The zero-order chi connectivity index (χ0) is 13.4. The Bertz CT molecular complexity index is 222. The van der Waals surface area contributed by atoms with Gasteiger partial charge in [0.05, 0.1) is 0 Å². The normalized spacial score (nSPS) is 26.2. The quantitative estimate of drug-likeness (QED) is 0.612. The van der Waals surface area contributed by atoms with Gasteiger partial charge in [0.25, 0.3) is 0 Å². The Morgan fingerprint density at radius 1 is 1.28 bits per heavy atom. The summed E-state index contributed by atoms with van der Waals surface area (Å²) in [6.45, 7) is 12.1. The third-order valence-electron chi connectivity index (χ3n) is 4.35. The van der Waals surface area contributed by atoms with E-state index in [1.807, 2.05) is 0 Å². The summed E-state index contributed by atoms with van der Waals surface area (Å²) in [6.07, 6.45) is 11.8. The van der Waals surface area contributed by atoms with Crippen LogP contribution in [0.1, 0.15) is 65.7 Å². The van der Waals surface area contributed by atoms with Crippen molar-refractivity contribution in [3.05, 3.63) is 12.7 Å². The van der Waals surface area contributed by atoms with Crippen LogP contribution in [0.15, 0.2) is 12.7 Å². The average molecular weight is 251 g/mol. The number of allylic oxidation sites excluding steroid dienone is 1. The summed E-state index contributed by atoms with van der Waals surface area (Å²) in [5.41, 5.74) is 0. The minimum atomic E-state index is 0.731. The minimum absolute atomic E-state index is 0.731. The molecule has 0 heterocycles. The maximum Gasteiger partial charge on any atom is 0.0101 e. The molecule has 1 aliphatic rings. The standard InChI is InChI=1S/C17H33N/c1-5-7-10-15(6-2)16-11-8-9-12-17(16)18-13-14(3)4/h6,14-18H,2,5,7-13H2,1,3-4H3. The Labute approximate surface area is 114 Å². The largest absolute Gasteiger partial charge is 0.313 e. The molecule has 1 saturated carbocycles. The lowest BCUT2D eigenvalue weighted by Crippen LogP contribution is -2.43. The van der Waals surface area contributed by atoms with Crippen LogP contribution in [-0.2, 0) is 0 Å². The molecule has 18 heavy (non-hydrogen) atoms.